The van der Waals surface area contributed by atoms with E-state index in [1.54, 1.807) is 0 Å². The Morgan fingerprint density at radius 2 is 1.30 bits per heavy atom. The van der Waals surface area contributed by atoms with Crippen molar-refractivity contribution in [3.05, 3.63) is 29.7 Å². The summed E-state index contributed by atoms with van der Waals surface area (Å²) in [7, 11) is 1.44. The van der Waals surface area contributed by atoms with Gasteiger partial charge in [-0.15, -0.1) is 0 Å². The Bertz CT molecular complexity index is 1780. The van der Waals surface area contributed by atoms with Gasteiger partial charge in [-0.1, -0.05) is 113 Å². The van der Waals surface area contributed by atoms with Crippen LogP contribution in [0.3, 0.4) is 0 Å². The molecule has 9 heteroatoms. The van der Waals surface area contributed by atoms with Crippen LogP contribution in [0.1, 0.15) is 215 Å². The minimum atomic E-state index is -0.202. The Kier molecular flexibility index (Phi) is 29.9. The molecule has 1 radical (unpaired) electrons. The third kappa shape index (κ3) is 18.4. The van der Waals surface area contributed by atoms with Crippen LogP contribution in [0.15, 0.2) is 23.3 Å². The van der Waals surface area contributed by atoms with Crippen molar-refractivity contribution in [2.24, 2.45) is 112 Å². The number of cyclic esters (lactones) is 1. The quantitative estimate of drug-likeness (QED) is 0.111. The molecule has 0 aromatic rings. The van der Waals surface area contributed by atoms with Gasteiger partial charge in [0.15, 0.2) is 5.78 Å². The van der Waals surface area contributed by atoms with Crippen molar-refractivity contribution in [2.75, 3.05) is 20.3 Å². The molecule has 0 amide bonds. The molecule has 0 bridgehead atoms. The van der Waals surface area contributed by atoms with E-state index >= 15 is 0 Å². The zero-order valence-corrected chi connectivity index (χ0v) is 53.9. The SMILES string of the molecule is C=C(C)[C@@H]1CC[C@@H](C)[C@@H]1C.CC(C)=C1CC[C@@H](C)CC1=O.CCOC1CC(=O)[C@H]2[C@H](C)CC[C@H]2C1C.COC(=O)[C@H]1[C@H](C)CC[C@H]1C(C)CO.C[C@@H]1CC[C@@H]2[C@H]1C(=O)OC2(C)C.C[CH-]C(C)[C@@H]1CC[C@@H](C)[C@@H]1C.[Y]. The summed E-state index contributed by atoms with van der Waals surface area (Å²) in [4.78, 5) is 46.4. The molecule has 8 aliphatic rings. The van der Waals surface area contributed by atoms with Gasteiger partial charge >= 0.3 is 11.9 Å². The molecule has 74 heavy (non-hydrogen) atoms. The van der Waals surface area contributed by atoms with Crippen LogP contribution in [-0.4, -0.2) is 60.6 Å². The molecule has 4 unspecified atom stereocenters. The fraction of sp³-hybridized carbons (Fsp3) is 0.862. The minimum absolute atomic E-state index is 0. The second kappa shape index (κ2) is 32.1. The Morgan fingerprint density at radius 1 is 0.743 bits per heavy atom. The van der Waals surface area contributed by atoms with Crippen molar-refractivity contribution in [3.63, 3.8) is 0 Å². The minimum Gasteiger partial charge on any atom is -0.469 e. The fourth-order valence-corrected chi connectivity index (χ4v) is 15.0. The van der Waals surface area contributed by atoms with Gasteiger partial charge in [0.25, 0.3) is 0 Å². The summed E-state index contributed by atoms with van der Waals surface area (Å²) in [5, 5.41) is 9.10. The van der Waals surface area contributed by atoms with Crippen LogP contribution in [0.2, 0.25) is 0 Å². The molecule has 0 aromatic heterocycles. The summed E-state index contributed by atoms with van der Waals surface area (Å²) in [6, 6.07) is 0. The predicted molar refractivity (Wildman–Crippen MR) is 301 cm³/mol. The third-order valence-corrected chi connectivity index (χ3v) is 20.7. The van der Waals surface area contributed by atoms with Gasteiger partial charge in [0.2, 0.25) is 0 Å². The monoisotopic (exact) mass is 1110 g/mol. The first-order valence-electron chi connectivity index (χ1n) is 29.9. The number of Topliss-reactive ketones (excluding diaryl/α,β-unsaturated/α-hetero) is 2. The normalized spacial score (nSPS) is 38.2. The smallest absolute Gasteiger partial charge is 0.310 e. The first kappa shape index (κ1) is 68.9. The summed E-state index contributed by atoms with van der Waals surface area (Å²) < 4.78 is 15.8. The Morgan fingerprint density at radius 3 is 1.77 bits per heavy atom. The van der Waals surface area contributed by atoms with Gasteiger partial charge in [-0.05, 0) is 188 Å². The first-order chi connectivity index (χ1) is 34.2. The number of ketones is 2. The largest absolute Gasteiger partial charge is 0.469 e. The Balaban J connectivity index is 0.000000305. The molecule has 1 saturated heterocycles. The maximum absolute atomic E-state index is 12.0. The molecule has 1 N–H and O–H groups in total. The number of carbonyl (C=O) groups excluding carboxylic acids is 4. The van der Waals surface area contributed by atoms with E-state index in [1.165, 1.54) is 69.6 Å². The summed E-state index contributed by atoms with van der Waals surface area (Å²) >= 11 is 0. The summed E-state index contributed by atoms with van der Waals surface area (Å²) in [5.74, 6) is 11.9. The van der Waals surface area contributed by atoms with E-state index in [0.717, 1.165) is 85.7 Å². The fourth-order valence-electron chi connectivity index (χ4n) is 15.0. The van der Waals surface area contributed by atoms with E-state index in [2.05, 4.69) is 96.1 Å². The molecule has 7 aliphatic carbocycles. The van der Waals surface area contributed by atoms with Crippen molar-refractivity contribution in [2.45, 2.75) is 226 Å². The maximum atomic E-state index is 12.0. The van der Waals surface area contributed by atoms with Crippen molar-refractivity contribution in [3.8, 4) is 0 Å². The summed E-state index contributed by atoms with van der Waals surface area (Å²) in [6.45, 7) is 44.2. The van der Waals surface area contributed by atoms with Crippen LogP contribution in [-0.2, 0) is 66.1 Å². The number of allylic oxidation sites excluding steroid dienone is 3. The number of esters is 2. The van der Waals surface area contributed by atoms with E-state index in [0.29, 0.717) is 71.2 Å². The topological polar surface area (TPSA) is 116 Å². The van der Waals surface area contributed by atoms with Crippen molar-refractivity contribution in [1.29, 1.82) is 0 Å². The van der Waals surface area contributed by atoms with E-state index < -0.39 is 0 Å². The zero-order valence-electron chi connectivity index (χ0n) is 51.0. The molecular formula is C65H113O8Y-. The average Bonchev–Trinajstić information content (AvgIpc) is 4.20. The van der Waals surface area contributed by atoms with Gasteiger partial charge in [0.1, 0.15) is 11.4 Å². The second-order valence-electron chi connectivity index (χ2n) is 26.3. The van der Waals surface area contributed by atoms with Crippen LogP contribution in [0, 0.1) is 119 Å². The Labute approximate surface area is 480 Å². The van der Waals surface area contributed by atoms with Gasteiger partial charge in [-0.2, -0.15) is 12.8 Å². The standard InChI is InChI=1S/C13H22O2.C11H20O3.C11H21.C10H16O2.C10H16O.C10H18.Y/c1-4-15-12-7-11(14)13-8(2)5-6-10(13)9(12)3;1-7-4-5-9(8(2)6-12)10(7)11(13)14-3;1-5-8(2)11-7-6-9(3)10(11)4;1-6-4-5-7-8(6)9(11)12-10(7,2)3;1-7(2)9-5-4-8(3)6-10(9)11;1-7(2)10-6-5-8(3)9(10)4;/h8-10,12-13H,4-7H2,1-3H3;7-10,12H,4-6H2,1-3H3;5,8-11H,6-7H2,1-4H3;6-8H,4-5H2,1-3H3;8H,4-6H2,1-3H3;8-10H,1,5-6H2,2-4H3;/q;;-1;;;;/t8-,9?,10+,12?,13+;7-,8?,9+,10+;8?,9-,10+,11+;6-,7-,8+;8-;8-,9+,10+;/m111111./s1. The van der Waals surface area contributed by atoms with Gasteiger partial charge in [0.05, 0.1) is 25.0 Å². The maximum Gasteiger partial charge on any atom is 0.310 e. The van der Waals surface area contributed by atoms with Crippen molar-refractivity contribution in [1.82, 2.24) is 0 Å². The summed E-state index contributed by atoms with van der Waals surface area (Å²) in [6.07, 6.45) is 18.7. The summed E-state index contributed by atoms with van der Waals surface area (Å²) in [5.41, 5.74) is 3.48. The number of hydrogen-bond donors (Lipinski definition) is 1. The van der Waals surface area contributed by atoms with E-state index in [1.807, 2.05) is 41.5 Å². The van der Waals surface area contributed by atoms with Crippen LogP contribution in [0.5, 0.6) is 0 Å². The molecular weight excluding hydrogens is 998 g/mol. The van der Waals surface area contributed by atoms with Crippen molar-refractivity contribution < 1.29 is 71.2 Å². The van der Waals surface area contributed by atoms with Gasteiger partial charge in [-0.25, -0.2) is 0 Å². The molecule has 1 heterocycles. The molecule has 8 nitrogen and oxygen atoms in total. The molecule has 20 atom stereocenters. The number of methoxy groups -OCH3 is 1. The third-order valence-electron chi connectivity index (χ3n) is 20.7. The number of rotatable bonds is 8. The number of carbonyl (C=O) groups is 4. The van der Waals surface area contributed by atoms with Gasteiger partial charge in [-0.3, -0.25) is 19.2 Å². The molecule has 0 spiro atoms. The van der Waals surface area contributed by atoms with E-state index in [9.17, 15) is 19.2 Å². The van der Waals surface area contributed by atoms with E-state index in [-0.39, 0.29) is 80.7 Å². The molecule has 425 valence electrons. The van der Waals surface area contributed by atoms with E-state index in [4.69, 9.17) is 19.3 Å². The van der Waals surface area contributed by atoms with Crippen LogP contribution in [0.4, 0.5) is 0 Å². The number of aliphatic hydroxyl groups excluding tert-OH is 1. The number of ether oxygens (including phenoxy) is 3. The number of aliphatic hydroxyl groups is 1. The molecule has 1 aliphatic heterocycles. The molecule has 8 fully saturated rings. The molecule has 0 aromatic carbocycles. The predicted octanol–water partition coefficient (Wildman–Crippen LogP) is 15.6. The van der Waals surface area contributed by atoms with Crippen molar-refractivity contribution >= 4 is 23.5 Å². The second-order valence-corrected chi connectivity index (χ2v) is 26.3. The van der Waals surface area contributed by atoms with Crippen LogP contribution < -0.4 is 0 Å². The van der Waals surface area contributed by atoms with Gasteiger partial charge in [0, 0.05) is 70.6 Å². The molecule has 7 saturated carbocycles. The average molecular weight is 1110 g/mol. The zero-order chi connectivity index (χ0) is 55.2. The number of hydrogen-bond acceptors (Lipinski definition) is 8. The van der Waals surface area contributed by atoms with Crippen LogP contribution in [0.25, 0.3) is 0 Å². The molecule has 8 rings (SSSR count). The number of fused-ring (bicyclic) bond motifs is 2. The van der Waals surface area contributed by atoms with Gasteiger partial charge < -0.3 is 25.7 Å². The van der Waals surface area contributed by atoms with Crippen LogP contribution >= 0.6 is 0 Å². The first-order valence-corrected chi connectivity index (χ1v) is 29.9. The Hall–Kier alpha value is -1.22.